The molecule has 0 radical (unpaired) electrons. The Bertz CT molecular complexity index is 511. The number of likely N-dealkylation sites (tertiary alicyclic amines) is 1. The standard InChI is InChI=1S/C18H31N5O.ClH/c1-3-22(2)17-8-7-15(12-20-17)14-23-11-5-4-6-16(23)13-21-18(24)9-10-19;/h7-8,12,16H,3-6,9-11,13-14,19H2,1-2H3,(H,21,24);1H. The highest BCUT2D eigenvalue weighted by Gasteiger charge is 2.22. The zero-order chi connectivity index (χ0) is 17.4. The highest BCUT2D eigenvalue weighted by atomic mass is 35.5. The molecular formula is C18H32ClN5O. The second-order valence-corrected chi connectivity index (χ2v) is 6.50. The lowest BCUT2D eigenvalue weighted by atomic mass is 10.0. The minimum atomic E-state index is 0. The van der Waals surface area contributed by atoms with Crippen LogP contribution in [0.4, 0.5) is 5.82 Å². The molecule has 1 unspecified atom stereocenters. The number of hydrogen-bond acceptors (Lipinski definition) is 5. The molecule has 142 valence electrons. The number of piperidine rings is 1. The molecule has 0 saturated carbocycles. The fourth-order valence-electron chi connectivity index (χ4n) is 3.08. The average molecular weight is 370 g/mol. The third-order valence-electron chi connectivity index (χ3n) is 4.72. The van der Waals surface area contributed by atoms with Crippen molar-refractivity contribution in [3.63, 3.8) is 0 Å². The number of halogens is 1. The Morgan fingerprint density at radius 1 is 1.44 bits per heavy atom. The van der Waals surface area contributed by atoms with Crippen molar-refractivity contribution in [2.75, 3.05) is 38.1 Å². The molecule has 2 heterocycles. The summed E-state index contributed by atoms with van der Waals surface area (Å²) in [5.41, 5.74) is 6.65. The fraction of sp³-hybridized carbons (Fsp3) is 0.667. The van der Waals surface area contributed by atoms with E-state index in [4.69, 9.17) is 5.73 Å². The van der Waals surface area contributed by atoms with Gasteiger partial charge in [-0.05, 0) is 37.9 Å². The van der Waals surface area contributed by atoms with Crippen LogP contribution < -0.4 is 16.0 Å². The maximum Gasteiger partial charge on any atom is 0.221 e. The molecule has 1 fully saturated rings. The monoisotopic (exact) mass is 369 g/mol. The normalized spacial score (nSPS) is 17.6. The first-order valence-electron chi connectivity index (χ1n) is 9.01. The van der Waals surface area contributed by atoms with Gasteiger partial charge in [0.15, 0.2) is 0 Å². The van der Waals surface area contributed by atoms with Crippen molar-refractivity contribution in [1.82, 2.24) is 15.2 Å². The van der Waals surface area contributed by atoms with E-state index in [2.05, 4.69) is 39.2 Å². The first kappa shape index (κ1) is 21.7. The Morgan fingerprint density at radius 2 is 2.24 bits per heavy atom. The van der Waals surface area contributed by atoms with Gasteiger partial charge in [0.05, 0.1) is 0 Å². The summed E-state index contributed by atoms with van der Waals surface area (Å²) in [4.78, 5) is 20.8. The second-order valence-electron chi connectivity index (χ2n) is 6.50. The van der Waals surface area contributed by atoms with Gasteiger partial charge in [-0.2, -0.15) is 0 Å². The molecule has 3 N–H and O–H groups in total. The quantitative estimate of drug-likeness (QED) is 0.730. The number of aromatic nitrogens is 1. The van der Waals surface area contributed by atoms with Gasteiger partial charge >= 0.3 is 0 Å². The number of nitrogens with zero attached hydrogens (tertiary/aromatic N) is 3. The van der Waals surface area contributed by atoms with Crippen molar-refractivity contribution in [3.05, 3.63) is 23.9 Å². The summed E-state index contributed by atoms with van der Waals surface area (Å²) in [6, 6.07) is 4.65. The Balaban J connectivity index is 0.00000312. The molecular weight excluding hydrogens is 338 g/mol. The number of nitrogens with two attached hydrogens (primary N) is 1. The lowest BCUT2D eigenvalue weighted by Crippen LogP contribution is -2.46. The van der Waals surface area contributed by atoms with E-state index in [0.717, 1.165) is 31.9 Å². The average Bonchev–Trinajstić information content (AvgIpc) is 2.61. The zero-order valence-corrected chi connectivity index (χ0v) is 16.2. The molecule has 25 heavy (non-hydrogen) atoms. The van der Waals surface area contributed by atoms with E-state index in [-0.39, 0.29) is 18.3 Å². The molecule has 1 saturated heterocycles. The van der Waals surface area contributed by atoms with Gasteiger partial charge in [-0.15, -0.1) is 12.4 Å². The minimum absolute atomic E-state index is 0. The summed E-state index contributed by atoms with van der Waals surface area (Å²) < 4.78 is 0. The van der Waals surface area contributed by atoms with Crippen molar-refractivity contribution in [2.45, 2.75) is 45.2 Å². The van der Waals surface area contributed by atoms with Crippen molar-refractivity contribution in [2.24, 2.45) is 5.73 Å². The lowest BCUT2D eigenvalue weighted by Gasteiger charge is -2.35. The maximum atomic E-state index is 11.7. The van der Waals surface area contributed by atoms with Crippen LogP contribution in [0.25, 0.3) is 0 Å². The van der Waals surface area contributed by atoms with Gasteiger partial charge in [-0.3, -0.25) is 9.69 Å². The summed E-state index contributed by atoms with van der Waals surface area (Å²) in [5.74, 6) is 1.06. The highest BCUT2D eigenvalue weighted by Crippen LogP contribution is 2.20. The summed E-state index contributed by atoms with van der Waals surface area (Å²) >= 11 is 0. The van der Waals surface area contributed by atoms with Crippen LogP contribution in [-0.4, -0.2) is 55.1 Å². The van der Waals surface area contributed by atoms with Crippen LogP contribution in [0.3, 0.4) is 0 Å². The zero-order valence-electron chi connectivity index (χ0n) is 15.4. The number of pyridine rings is 1. The van der Waals surface area contributed by atoms with Crippen molar-refractivity contribution in [1.29, 1.82) is 0 Å². The summed E-state index contributed by atoms with van der Waals surface area (Å²) in [5, 5.41) is 3.02. The Kier molecular flexibility index (Phi) is 9.78. The molecule has 6 nitrogen and oxygen atoms in total. The van der Waals surface area contributed by atoms with Gasteiger partial charge in [0.1, 0.15) is 5.82 Å². The maximum absolute atomic E-state index is 11.7. The first-order chi connectivity index (χ1) is 11.6. The minimum Gasteiger partial charge on any atom is -0.360 e. The summed E-state index contributed by atoms with van der Waals surface area (Å²) in [6.07, 6.45) is 5.96. The van der Waals surface area contributed by atoms with E-state index in [0.29, 0.717) is 25.6 Å². The van der Waals surface area contributed by atoms with Crippen LogP contribution >= 0.6 is 12.4 Å². The van der Waals surface area contributed by atoms with E-state index >= 15 is 0 Å². The van der Waals surface area contributed by atoms with Crippen LogP contribution in [0, 0.1) is 0 Å². The number of carbonyl (C=O) groups excluding carboxylic acids is 1. The van der Waals surface area contributed by atoms with E-state index in [1.807, 2.05) is 13.2 Å². The van der Waals surface area contributed by atoms with Crippen LogP contribution in [-0.2, 0) is 11.3 Å². The van der Waals surface area contributed by atoms with Crippen LogP contribution in [0.5, 0.6) is 0 Å². The molecule has 0 aliphatic carbocycles. The van der Waals surface area contributed by atoms with Crippen LogP contribution in [0.2, 0.25) is 0 Å². The molecule has 0 bridgehead atoms. The third-order valence-corrected chi connectivity index (χ3v) is 4.72. The molecule has 0 aromatic carbocycles. The Hall–Kier alpha value is -1.37. The van der Waals surface area contributed by atoms with Crippen molar-refractivity contribution < 1.29 is 4.79 Å². The number of carbonyl (C=O) groups is 1. The number of hydrogen-bond donors (Lipinski definition) is 2. The summed E-state index contributed by atoms with van der Waals surface area (Å²) in [7, 11) is 2.05. The van der Waals surface area contributed by atoms with E-state index < -0.39 is 0 Å². The largest absolute Gasteiger partial charge is 0.360 e. The van der Waals surface area contributed by atoms with Gasteiger partial charge < -0.3 is 16.0 Å². The molecule has 1 aromatic rings. The molecule has 1 atom stereocenters. The molecule has 1 aliphatic rings. The lowest BCUT2D eigenvalue weighted by molar-refractivity contribution is -0.121. The molecule has 7 heteroatoms. The second kappa shape index (κ2) is 11.3. The van der Waals surface area contributed by atoms with Gasteiger partial charge in [0, 0.05) is 51.9 Å². The van der Waals surface area contributed by atoms with Crippen molar-refractivity contribution >= 4 is 24.1 Å². The number of rotatable bonds is 8. The van der Waals surface area contributed by atoms with Crippen molar-refractivity contribution in [3.8, 4) is 0 Å². The first-order valence-corrected chi connectivity index (χ1v) is 9.01. The van der Waals surface area contributed by atoms with Gasteiger partial charge in [0.2, 0.25) is 5.91 Å². The predicted molar refractivity (Wildman–Crippen MR) is 105 cm³/mol. The SMILES string of the molecule is CCN(C)c1ccc(CN2CCCCC2CNC(=O)CCN)cn1.Cl. The van der Waals surface area contributed by atoms with Gasteiger partial charge in [-0.1, -0.05) is 12.5 Å². The van der Waals surface area contributed by atoms with E-state index in [1.54, 1.807) is 0 Å². The Labute approximate surface area is 157 Å². The number of nitrogens with one attached hydrogen (secondary N) is 1. The highest BCUT2D eigenvalue weighted by molar-refractivity contribution is 5.85. The van der Waals surface area contributed by atoms with Crippen LogP contribution in [0.1, 0.15) is 38.2 Å². The van der Waals surface area contributed by atoms with Crippen LogP contribution in [0.15, 0.2) is 18.3 Å². The Morgan fingerprint density at radius 3 is 2.88 bits per heavy atom. The molecule has 0 spiro atoms. The topological polar surface area (TPSA) is 74.5 Å². The van der Waals surface area contributed by atoms with Gasteiger partial charge in [0.25, 0.3) is 0 Å². The predicted octanol–water partition coefficient (Wildman–Crippen LogP) is 1.78. The van der Waals surface area contributed by atoms with Gasteiger partial charge in [-0.25, -0.2) is 4.98 Å². The van der Waals surface area contributed by atoms with E-state index in [1.165, 1.54) is 18.4 Å². The smallest absolute Gasteiger partial charge is 0.221 e. The third kappa shape index (κ3) is 6.80. The molecule has 1 aromatic heterocycles. The van der Waals surface area contributed by atoms with E-state index in [9.17, 15) is 4.79 Å². The number of anilines is 1. The molecule has 1 amide bonds. The molecule has 2 rings (SSSR count). The number of amides is 1. The summed E-state index contributed by atoms with van der Waals surface area (Å²) in [6.45, 7) is 6.15. The fourth-order valence-corrected chi connectivity index (χ4v) is 3.08. The molecule has 1 aliphatic heterocycles.